The first-order valence-corrected chi connectivity index (χ1v) is 6.56. The molecule has 1 rings (SSSR count). The minimum Gasteiger partial charge on any atom is -0.353 e. The minimum atomic E-state index is 0.0569. The zero-order valence-electron chi connectivity index (χ0n) is 10.8. The first-order chi connectivity index (χ1) is 7.50. The van der Waals surface area contributed by atoms with Crippen molar-refractivity contribution >= 4 is 5.91 Å². The van der Waals surface area contributed by atoms with Crippen LogP contribution in [0, 0.1) is 11.8 Å². The van der Waals surface area contributed by atoms with Crippen LogP contribution in [0.1, 0.15) is 52.9 Å². The fraction of sp³-hybridized carbons (Fsp3) is 0.923. The third-order valence-electron chi connectivity index (χ3n) is 3.47. The van der Waals surface area contributed by atoms with Gasteiger partial charge in [-0.1, -0.05) is 20.3 Å². The molecule has 0 aliphatic heterocycles. The van der Waals surface area contributed by atoms with Crippen LogP contribution >= 0.6 is 0 Å². The quantitative estimate of drug-likeness (QED) is 0.754. The standard InChI is InChI=1S/C13H26N2O/c1-9(2)7-8-10(3)15-13(16)11-5-4-6-12(11)14/h9-12H,4-8,14H2,1-3H3,(H,15,16). The third-order valence-corrected chi connectivity index (χ3v) is 3.47. The molecule has 1 aliphatic rings. The van der Waals surface area contributed by atoms with Crippen LogP contribution in [0.25, 0.3) is 0 Å². The molecule has 3 heteroatoms. The Morgan fingerprint density at radius 2 is 2.00 bits per heavy atom. The Morgan fingerprint density at radius 1 is 1.31 bits per heavy atom. The molecule has 0 aromatic heterocycles. The second kappa shape index (κ2) is 6.24. The highest BCUT2D eigenvalue weighted by molar-refractivity contribution is 5.79. The van der Waals surface area contributed by atoms with Crippen molar-refractivity contribution in [3.05, 3.63) is 0 Å². The topological polar surface area (TPSA) is 55.1 Å². The van der Waals surface area contributed by atoms with E-state index in [1.54, 1.807) is 0 Å². The van der Waals surface area contributed by atoms with Crippen molar-refractivity contribution in [1.82, 2.24) is 5.32 Å². The summed E-state index contributed by atoms with van der Waals surface area (Å²) in [5, 5.41) is 3.09. The monoisotopic (exact) mass is 226 g/mol. The van der Waals surface area contributed by atoms with Crippen molar-refractivity contribution in [2.75, 3.05) is 0 Å². The van der Waals surface area contributed by atoms with Crippen LogP contribution in [-0.2, 0) is 4.79 Å². The number of nitrogens with two attached hydrogens (primary N) is 1. The Labute approximate surface area is 99.2 Å². The Hall–Kier alpha value is -0.570. The normalized spacial score (nSPS) is 27.1. The summed E-state index contributed by atoms with van der Waals surface area (Å²) >= 11 is 0. The van der Waals surface area contributed by atoms with Crippen LogP contribution in [0.3, 0.4) is 0 Å². The molecule has 3 N–H and O–H groups in total. The van der Waals surface area contributed by atoms with Crippen molar-refractivity contribution in [3.63, 3.8) is 0 Å². The lowest BCUT2D eigenvalue weighted by Gasteiger charge is -2.20. The zero-order chi connectivity index (χ0) is 12.1. The lowest BCUT2D eigenvalue weighted by molar-refractivity contribution is -0.125. The molecule has 0 aromatic carbocycles. The van der Waals surface area contributed by atoms with Gasteiger partial charge in [-0.25, -0.2) is 0 Å². The maximum absolute atomic E-state index is 11.9. The number of carbonyl (C=O) groups is 1. The number of rotatable bonds is 5. The summed E-state index contributed by atoms with van der Waals surface area (Å²) in [6.45, 7) is 6.50. The average molecular weight is 226 g/mol. The van der Waals surface area contributed by atoms with E-state index in [1.807, 2.05) is 0 Å². The molecule has 1 amide bonds. The van der Waals surface area contributed by atoms with Gasteiger partial charge in [-0.15, -0.1) is 0 Å². The van der Waals surface area contributed by atoms with Crippen molar-refractivity contribution < 1.29 is 4.79 Å². The molecule has 3 unspecified atom stereocenters. The maximum Gasteiger partial charge on any atom is 0.224 e. The maximum atomic E-state index is 11.9. The molecule has 0 bridgehead atoms. The first kappa shape index (κ1) is 13.5. The van der Waals surface area contributed by atoms with Gasteiger partial charge >= 0.3 is 0 Å². The molecule has 3 nitrogen and oxygen atoms in total. The molecule has 0 heterocycles. The van der Waals surface area contributed by atoms with E-state index in [1.165, 1.54) is 0 Å². The molecule has 0 radical (unpaired) electrons. The number of carbonyl (C=O) groups excluding carboxylic acids is 1. The SMILES string of the molecule is CC(C)CCC(C)NC(=O)C1CCCC1N. The highest BCUT2D eigenvalue weighted by Gasteiger charge is 2.30. The first-order valence-electron chi connectivity index (χ1n) is 6.56. The summed E-state index contributed by atoms with van der Waals surface area (Å²) in [4.78, 5) is 11.9. The largest absolute Gasteiger partial charge is 0.353 e. The zero-order valence-corrected chi connectivity index (χ0v) is 10.8. The molecule has 3 atom stereocenters. The summed E-state index contributed by atoms with van der Waals surface area (Å²) in [5.41, 5.74) is 5.92. The average Bonchev–Trinajstić information content (AvgIpc) is 2.61. The van der Waals surface area contributed by atoms with Crippen LogP contribution in [0.4, 0.5) is 0 Å². The molecule has 0 aromatic rings. The lowest BCUT2D eigenvalue weighted by atomic mass is 10.0. The molecule has 0 saturated heterocycles. The highest BCUT2D eigenvalue weighted by Crippen LogP contribution is 2.24. The summed E-state index contributed by atoms with van der Waals surface area (Å²) in [6, 6.07) is 0.361. The Bertz CT molecular complexity index is 228. The summed E-state index contributed by atoms with van der Waals surface area (Å²) < 4.78 is 0. The number of hydrogen-bond acceptors (Lipinski definition) is 2. The van der Waals surface area contributed by atoms with E-state index in [2.05, 4.69) is 26.1 Å². The predicted molar refractivity (Wildman–Crippen MR) is 67.0 cm³/mol. The number of amides is 1. The van der Waals surface area contributed by atoms with Gasteiger partial charge in [-0.05, 0) is 38.5 Å². The lowest BCUT2D eigenvalue weighted by Crippen LogP contribution is -2.42. The van der Waals surface area contributed by atoms with Crippen molar-refractivity contribution in [1.29, 1.82) is 0 Å². The smallest absolute Gasteiger partial charge is 0.224 e. The van der Waals surface area contributed by atoms with Gasteiger partial charge in [0, 0.05) is 12.1 Å². The van der Waals surface area contributed by atoms with E-state index >= 15 is 0 Å². The molecule has 16 heavy (non-hydrogen) atoms. The Morgan fingerprint density at radius 3 is 2.50 bits per heavy atom. The third kappa shape index (κ3) is 4.12. The summed E-state index contributed by atoms with van der Waals surface area (Å²) in [6.07, 6.45) is 5.28. The number of hydrogen-bond donors (Lipinski definition) is 2. The fourth-order valence-electron chi connectivity index (χ4n) is 2.32. The van der Waals surface area contributed by atoms with Gasteiger partial charge in [0.2, 0.25) is 5.91 Å². The predicted octanol–water partition coefficient (Wildman–Crippen LogP) is 2.05. The molecular weight excluding hydrogens is 200 g/mol. The van der Waals surface area contributed by atoms with Gasteiger partial charge in [0.25, 0.3) is 0 Å². The molecule has 1 saturated carbocycles. The van der Waals surface area contributed by atoms with Crippen LogP contribution in [0.5, 0.6) is 0 Å². The van der Waals surface area contributed by atoms with E-state index in [0.29, 0.717) is 5.92 Å². The highest BCUT2D eigenvalue weighted by atomic mass is 16.2. The van der Waals surface area contributed by atoms with E-state index in [4.69, 9.17) is 5.73 Å². The van der Waals surface area contributed by atoms with Gasteiger partial charge in [0.15, 0.2) is 0 Å². The second-order valence-electron chi connectivity index (χ2n) is 5.58. The molecule has 0 spiro atoms. The van der Waals surface area contributed by atoms with E-state index < -0.39 is 0 Å². The van der Waals surface area contributed by atoms with Crippen molar-refractivity contribution in [3.8, 4) is 0 Å². The molecule has 94 valence electrons. The second-order valence-corrected chi connectivity index (χ2v) is 5.58. The van der Waals surface area contributed by atoms with Crippen LogP contribution in [-0.4, -0.2) is 18.0 Å². The Kier molecular flexibility index (Phi) is 5.26. The van der Waals surface area contributed by atoms with Crippen molar-refractivity contribution in [2.45, 2.75) is 65.0 Å². The van der Waals surface area contributed by atoms with Crippen LogP contribution in [0.15, 0.2) is 0 Å². The molecule has 1 aliphatic carbocycles. The minimum absolute atomic E-state index is 0.0569. The summed E-state index contributed by atoms with van der Waals surface area (Å²) in [7, 11) is 0. The fourth-order valence-corrected chi connectivity index (χ4v) is 2.32. The van der Waals surface area contributed by atoms with Crippen molar-refractivity contribution in [2.24, 2.45) is 17.6 Å². The molecular formula is C13H26N2O. The van der Waals surface area contributed by atoms with E-state index in [-0.39, 0.29) is 23.9 Å². The van der Waals surface area contributed by atoms with E-state index in [9.17, 15) is 4.79 Å². The van der Waals surface area contributed by atoms with Gasteiger partial charge < -0.3 is 11.1 Å². The molecule has 1 fully saturated rings. The van der Waals surface area contributed by atoms with Crippen LogP contribution in [0.2, 0.25) is 0 Å². The Balaban J connectivity index is 2.27. The van der Waals surface area contributed by atoms with Crippen LogP contribution < -0.4 is 11.1 Å². The van der Waals surface area contributed by atoms with Gasteiger partial charge in [0.05, 0.1) is 5.92 Å². The van der Waals surface area contributed by atoms with Gasteiger partial charge in [0.1, 0.15) is 0 Å². The number of nitrogens with one attached hydrogen (secondary N) is 1. The summed E-state index contributed by atoms with van der Waals surface area (Å²) in [5.74, 6) is 0.927. The van der Waals surface area contributed by atoms with Gasteiger partial charge in [-0.3, -0.25) is 4.79 Å². The van der Waals surface area contributed by atoms with Gasteiger partial charge in [-0.2, -0.15) is 0 Å². The van der Waals surface area contributed by atoms with E-state index in [0.717, 1.165) is 32.1 Å².